The van der Waals surface area contributed by atoms with Gasteiger partial charge >= 0.3 is 5.97 Å². The van der Waals surface area contributed by atoms with Crippen molar-refractivity contribution in [2.45, 2.75) is 0 Å². The van der Waals surface area contributed by atoms with E-state index in [2.05, 4.69) is 14.2 Å². The third-order valence-corrected chi connectivity index (χ3v) is 3.16. The van der Waals surface area contributed by atoms with E-state index in [-0.39, 0.29) is 0 Å². The molecule has 0 amide bonds. The topological polar surface area (TPSA) is 54.0 Å². The molecular formula is C9H10O5P2. The van der Waals surface area contributed by atoms with Crippen LogP contribution in [-0.2, 0) is 4.74 Å². The van der Waals surface area contributed by atoms with Crippen LogP contribution in [-0.4, -0.2) is 19.7 Å². The van der Waals surface area contributed by atoms with Crippen LogP contribution in [0.15, 0.2) is 12.1 Å². The third kappa shape index (κ3) is 1.93. The zero-order valence-corrected chi connectivity index (χ0v) is 10.8. The monoisotopic (exact) mass is 260 g/mol. The fraction of sp³-hybridized carbons (Fsp3) is 0.222. The molecule has 0 aromatic heterocycles. The predicted octanol–water partition coefficient (Wildman–Crippen LogP) is 2.36. The number of esters is 1. The van der Waals surface area contributed by atoms with Crippen molar-refractivity contribution in [2.75, 3.05) is 13.8 Å². The molecule has 1 aliphatic rings. The summed E-state index contributed by atoms with van der Waals surface area (Å²) in [5, 5.41) is 0. The quantitative estimate of drug-likeness (QED) is 0.603. The zero-order chi connectivity index (χ0) is 11.7. The van der Waals surface area contributed by atoms with Gasteiger partial charge in [0, 0.05) is 6.66 Å². The molecule has 16 heavy (non-hydrogen) atoms. The average Bonchev–Trinajstić information content (AvgIpc) is 2.66. The van der Waals surface area contributed by atoms with E-state index in [4.69, 9.17) is 13.6 Å². The van der Waals surface area contributed by atoms with E-state index in [1.54, 1.807) is 12.1 Å². The van der Waals surface area contributed by atoms with Gasteiger partial charge in [0.25, 0.3) is 8.38 Å². The molecular weight excluding hydrogens is 250 g/mol. The number of carbonyl (C=O) groups excluding carboxylic acids is 1. The Bertz CT molecular complexity index is 434. The first kappa shape index (κ1) is 11.4. The maximum atomic E-state index is 11.4. The maximum Gasteiger partial charge on any atom is 0.338 e. The fourth-order valence-electron chi connectivity index (χ4n) is 1.34. The van der Waals surface area contributed by atoms with Gasteiger partial charge in [-0.15, -0.1) is 0 Å². The highest BCUT2D eigenvalue weighted by molar-refractivity contribution is 7.47. The molecule has 7 heteroatoms. The summed E-state index contributed by atoms with van der Waals surface area (Å²) in [4.78, 5) is 11.4. The molecule has 86 valence electrons. The average molecular weight is 260 g/mol. The lowest BCUT2D eigenvalue weighted by Crippen LogP contribution is -2.01. The normalized spacial score (nSPS) is 17.1. The Balaban J connectivity index is 2.47. The SMILES string of the molecule is COC(=O)c1cc(OP)c2c(c1)OP(C)O2. The van der Waals surface area contributed by atoms with Crippen LogP contribution in [0.25, 0.3) is 0 Å². The van der Waals surface area contributed by atoms with Gasteiger partial charge in [-0.3, -0.25) is 0 Å². The van der Waals surface area contributed by atoms with Crippen LogP contribution >= 0.6 is 17.8 Å². The van der Waals surface area contributed by atoms with E-state index in [1.807, 2.05) is 6.66 Å². The minimum atomic E-state index is -0.991. The van der Waals surface area contributed by atoms with Gasteiger partial charge in [0.05, 0.1) is 22.1 Å². The largest absolute Gasteiger partial charge is 0.476 e. The van der Waals surface area contributed by atoms with Crippen LogP contribution in [0, 0.1) is 0 Å². The van der Waals surface area contributed by atoms with Crippen molar-refractivity contribution in [1.82, 2.24) is 0 Å². The molecule has 0 radical (unpaired) electrons. The lowest BCUT2D eigenvalue weighted by atomic mass is 10.2. The van der Waals surface area contributed by atoms with Crippen LogP contribution in [0.3, 0.4) is 0 Å². The molecule has 0 aliphatic carbocycles. The van der Waals surface area contributed by atoms with Crippen molar-refractivity contribution < 1.29 is 23.1 Å². The number of rotatable bonds is 2. The Labute approximate surface area is 96.2 Å². The number of methoxy groups -OCH3 is 1. The van der Waals surface area contributed by atoms with E-state index in [9.17, 15) is 4.79 Å². The summed E-state index contributed by atoms with van der Waals surface area (Å²) in [5.41, 5.74) is 0.368. The van der Waals surface area contributed by atoms with Crippen LogP contribution < -0.4 is 13.6 Å². The molecule has 2 unspecified atom stereocenters. The van der Waals surface area contributed by atoms with Crippen molar-refractivity contribution in [1.29, 1.82) is 0 Å². The van der Waals surface area contributed by atoms with Crippen LogP contribution in [0.5, 0.6) is 17.2 Å². The highest BCUT2D eigenvalue weighted by Gasteiger charge is 2.27. The Morgan fingerprint density at radius 1 is 1.44 bits per heavy atom. The summed E-state index contributed by atoms with van der Waals surface area (Å²) in [7, 11) is 2.44. The summed E-state index contributed by atoms with van der Waals surface area (Å²) >= 11 is 0. The van der Waals surface area contributed by atoms with E-state index < -0.39 is 14.3 Å². The summed E-state index contributed by atoms with van der Waals surface area (Å²) in [5.74, 6) is 1.03. The minimum absolute atomic E-state index is 0.368. The third-order valence-electron chi connectivity index (χ3n) is 2.02. The standard InChI is InChI=1S/C9H10O5P2/c1-11-9(10)5-3-6(12-15)8-7(4-5)13-16(2)14-8/h3-4H,15H2,1-2H3. The Morgan fingerprint density at radius 2 is 2.19 bits per heavy atom. The highest BCUT2D eigenvalue weighted by atomic mass is 31.2. The molecule has 1 heterocycles. The van der Waals surface area contributed by atoms with Gasteiger partial charge in [-0.25, -0.2) is 4.79 Å². The molecule has 0 fully saturated rings. The van der Waals surface area contributed by atoms with E-state index in [0.717, 1.165) is 0 Å². The molecule has 2 atom stereocenters. The van der Waals surface area contributed by atoms with Gasteiger partial charge < -0.3 is 18.3 Å². The second kappa shape index (κ2) is 4.44. The molecule has 0 saturated carbocycles. The molecule has 0 saturated heterocycles. The van der Waals surface area contributed by atoms with Crippen molar-refractivity contribution in [2.24, 2.45) is 0 Å². The number of carbonyl (C=O) groups is 1. The van der Waals surface area contributed by atoms with E-state index in [0.29, 0.717) is 22.8 Å². The van der Waals surface area contributed by atoms with Crippen molar-refractivity contribution in [3.05, 3.63) is 17.7 Å². The molecule has 1 aromatic rings. The Hall–Kier alpha value is -1.05. The smallest absolute Gasteiger partial charge is 0.338 e. The van der Waals surface area contributed by atoms with Gasteiger partial charge in [0.15, 0.2) is 11.5 Å². The fourth-order valence-corrected chi connectivity index (χ4v) is 2.41. The second-order valence-electron chi connectivity index (χ2n) is 3.03. The molecule has 1 aliphatic heterocycles. The van der Waals surface area contributed by atoms with Gasteiger partial charge in [-0.2, -0.15) is 0 Å². The molecule has 0 N–H and O–H groups in total. The van der Waals surface area contributed by atoms with Gasteiger partial charge in [-0.05, 0) is 12.1 Å². The van der Waals surface area contributed by atoms with Crippen molar-refractivity contribution in [3.63, 3.8) is 0 Å². The molecule has 5 nitrogen and oxygen atoms in total. The molecule has 0 spiro atoms. The first-order valence-electron chi connectivity index (χ1n) is 4.38. The second-order valence-corrected chi connectivity index (χ2v) is 4.51. The van der Waals surface area contributed by atoms with Gasteiger partial charge in [0.1, 0.15) is 0 Å². The summed E-state index contributed by atoms with van der Waals surface area (Å²) in [6.07, 6.45) is 0. The van der Waals surface area contributed by atoms with Crippen molar-refractivity contribution in [3.8, 4) is 17.2 Å². The lowest BCUT2D eigenvalue weighted by molar-refractivity contribution is 0.0600. The van der Waals surface area contributed by atoms with Crippen molar-refractivity contribution >= 4 is 23.8 Å². The molecule has 0 bridgehead atoms. The molecule has 2 rings (SSSR count). The number of hydrogen-bond donors (Lipinski definition) is 0. The first-order chi connectivity index (χ1) is 7.65. The first-order valence-corrected chi connectivity index (χ1v) is 6.48. The maximum absolute atomic E-state index is 11.4. The number of ether oxygens (including phenoxy) is 1. The minimum Gasteiger partial charge on any atom is -0.476 e. The van der Waals surface area contributed by atoms with Gasteiger partial charge in [0.2, 0.25) is 5.75 Å². The Kier molecular flexibility index (Phi) is 3.17. The molecule has 1 aromatic carbocycles. The number of hydrogen-bond acceptors (Lipinski definition) is 5. The summed E-state index contributed by atoms with van der Waals surface area (Å²) in [6, 6.07) is 3.13. The lowest BCUT2D eigenvalue weighted by Gasteiger charge is -2.06. The number of benzene rings is 1. The predicted molar refractivity (Wildman–Crippen MR) is 62.2 cm³/mol. The summed E-state index contributed by atoms with van der Waals surface area (Å²) < 4.78 is 20.6. The van der Waals surface area contributed by atoms with E-state index in [1.165, 1.54) is 7.11 Å². The summed E-state index contributed by atoms with van der Waals surface area (Å²) in [6.45, 7) is 1.82. The zero-order valence-electron chi connectivity index (χ0n) is 8.72. The number of fused-ring (bicyclic) bond motifs is 1. The highest BCUT2D eigenvalue weighted by Crippen LogP contribution is 2.55. The van der Waals surface area contributed by atoms with Crippen LogP contribution in [0.1, 0.15) is 10.4 Å². The van der Waals surface area contributed by atoms with Crippen LogP contribution in [0.4, 0.5) is 0 Å². The van der Waals surface area contributed by atoms with Gasteiger partial charge in [-0.1, -0.05) is 0 Å². The Morgan fingerprint density at radius 3 is 2.81 bits per heavy atom. The van der Waals surface area contributed by atoms with Crippen LogP contribution in [0.2, 0.25) is 0 Å². The van der Waals surface area contributed by atoms with E-state index >= 15 is 0 Å².